The third kappa shape index (κ3) is 7.18. The number of hydrogen-bond donors (Lipinski definition) is 1. The lowest BCUT2D eigenvalue weighted by Crippen LogP contribution is -2.58. The van der Waals surface area contributed by atoms with Crippen molar-refractivity contribution in [1.29, 1.82) is 0 Å². The van der Waals surface area contributed by atoms with Crippen LogP contribution in [0.1, 0.15) is 85.1 Å². The van der Waals surface area contributed by atoms with Crippen molar-refractivity contribution in [3.8, 4) is 0 Å². The van der Waals surface area contributed by atoms with Crippen LogP contribution in [-0.2, 0) is 9.59 Å². The van der Waals surface area contributed by atoms with E-state index in [1.54, 1.807) is 24.3 Å². The number of aliphatic imine (C=N–C) groups is 1. The number of carbonyl (C=O) groups excluding carboxylic acids is 1. The second-order valence-electron chi connectivity index (χ2n) is 13.2. The molecule has 4 rings (SSSR count). The highest BCUT2D eigenvalue weighted by molar-refractivity contribution is 6.48. The van der Waals surface area contributed by atoms with Crippen molar-refractivity contribution in [2.45, 2.75) is 91.3 Å². The first kappa shape index (κ1) is 30.8. The van der Waals surface area contributed by atoms with Crippen LogP contribution in [0.15, 0.2) is 46.5 Å². The fourth-order valence-corrected chi connectivity index (χ4v) is 6.54. The molecule has 1 aliphatic carbocycles. The minimum atomic E-state index is -0.882. The van der Waals surface area contributed by atoms with E-state index in [2.05, 4.69) is 39.5 Å². The van der Waals surface area contributed by atoms with Crippen LogP contribution in [0, 0.1) is 11.3 Å². The van der Waals surface area contributed by atoms with Gasteiger partial charge in [0.15, 0.2) is 0 Å². The van der Waals surface area contributed by atoms with Crippen LogP contribution in [0.4, 0.5) is 0 Å². The van der Waals surface area contributed by atoms with Gasteiger partial charge in [0.05, 0.1) is 6.04 Å². The molecule has 6 nitrogen and oxygen atoms in total. The third-order valence-corrected chi connectivity index (χ3v) is 8.81. The van der Waals surface area contributed by atoms with Gasteiger partial charge in [-0.15, -0.1) is 0 Å². The van der Waals surface area contributed by atoms with E-state index in [0.717, 1.165) is 57.3 Å². The number of aliphatic carboxylic acids is 1. The first-order chi connectivity index (χ1) is 18.8. The quantitative estimate of drug-likeness (QED) is 0.327. The van der Waals surface area contributed by atoms with Gasteiger partial charge in [-0.05, 0) is 73.8 Å². The fourth-order valence-electron chi connectivity index (χ4n) is 6.01. The highest BCUT2D eigenvalue weighted by atomic mass is 35.5. The highest BCUT2D eigenvalue weighted by Crippen LogP contribution is 2.43. The molecule has 8 heteroatoms. The second-order valence-corrected chi connectivity index (χ2v) is 14.0. The number of carboxylic acid groups (broad SMARTS) is 1. The summed E-state index contributed by atoms with van der Waals surface area (Å²) in [5, 5.41) is 10.5. The zero-order chi connectivity index (χ0) is 29.2. The van der Waals surface area contributed by atoms with Gasteiger partial charge in [-0.3, -0.25) is 9.79 Å². The lowest BCUT2D eigenvalue weighted by molar-refractivity contribution is -0.134. The normalized spacial score (nSPS) is 20.6. The van der Waals surface area contributed by atoms with Gasteiger partial charge >= 0.3 is 5.97 Å². The van der Waals surface area contributed by atoms with E-state index in [9.17, 15) is 14.7 Å². The SMILES string of the molecule is CC(C)CCN1CCC2(CC1)N=C(c1cc(Cl)cc(Cl)c1)C(=O)N2C(CCC(C)(C)C)C1=CC=C(C(=O)O)CC1. The van der Waals surface area contributed by atoms with E-state index < -0.39 is 11.6 Å². The molecule has 2 heterocycles. The molecule has 1 unspecified atom stereocenters. The van der Waals surface area contributed by atoms with Gasteiger partial charge in [0.2, 0.25) is 0 Å². The lowest BCUT2D eigenvalue weighted by Gasteiger charge is -2.47. The van der Waals surface area contributed by atoms with Gasteiger partial charge in [-0.25, -0.2) is 4.79 Å². The molecule has 1 aromatic carbocycles. The zero-order valence-electron chi connectivity index (χ0n) is 24.5. The minimum absolute atomic E-state index is 0.0792. The molecule has 1 aromatic rings. The third-order valence-electron chi connectivity index (χ3n) is 8.37. The number of amides is 1. The van der Waals surface area contributed by atoms with Crippen molar-refractivity contribution in [1.82, 2.24) is 9.80 Å². The standard InChI is InChI=1S/C32H43Cl2N3O3/c1-21(2)11-15-36-16-13-32(14-17-36)35-28(24-18-25(33)20-26(34)19-24)29(38)37(32)27(10-12-31(3,4)5)22-6-8-23(9-7-22)30(39)40/h6,8,18-21,27H,7,9-17H2,1-5H3,(H,39,40). The van der Waals surface area contributed by atoms with E-state index >= 15 is 0 Å². The van der Waals surface area contributed by atoms with Crippen LogP contribution >= 0.6 is 23.2 Å². The Balaban J connectivity index is 1.75. The van der Waals surface area contributed by atoms with Crippen molar-refractivity contribution in [3.63, 3.8) is 0 Å². The smallest absolute Gasteiger partial charge is 0.331 e. The second kappa shape index (κ2) is 12.4. The molecule has 40 heavy (non-hydrogen) atoms. The van der Waals surface area contributed by atoms with E-state index in [0.29, 0.717) is 45.7 Å². The number of benzene rings is 1. The molecule has 1 fully saturated rings. The number of halogens is 2. The number of carbonyl (C=O) groups is 2. The van der Waals surface area contributed by atoms with Crippen LogP contribution < -0.4 is 0 Å². The Morgan fingerprint density at radius 2 is 1.70 bits per heavy atom. The van der Waals surface area contributed by atoms with E-state index in [-0.39, 0.29) is 17.4 Å². The molecule has 0 aromatic heterocycles. The maximum absolute atomic E-state index is 14.4. The van der Waals surface area contributed by atoms with Crippen LogP contribution in [-0.4, -0.2) is 63.8 Å². The summed E-state index contributed by atoms with van der Waals surface area (Å²) in [5.74, 6) is -0.337. The molecule has 218 valence electrons. The van der Waals surface area contributed by atoms with Gasteiger partial charge in [-0.1, -0.05) is 70.0 Å². The summed E-state index contributed by atoms with van der Waals surface area (Å²) < 4.78 is 0. The molecular formula is C32H43Cl2N3O3. The monoisotopic (exact) mass is 587 g/mol. The molecule has 3 aliphatic rings. The fraction of sp³-hybridized carbons (Fsp3) is 0.594. The highest BCUT2D eigenvalue weighted by Gasteiger charge is 2.52. The molecule has 1 amide bonds. The summed E-state index contributed by atoms with van der Waals surface area (Å²) in [6.07, 6.45) is 9.09. The van der Waals surface area contributed by atoms with Crippen molar-refractivity contribution >= 4 is 40.8 Å². The predicted octanol–water partition coefficient (Wildman–Crippen LogP) is 7.39. The number of nitrogens with zero attached hydrogens (tertiary/aromatic N) is 3. The summed E-state index contributed by atoms with van der Waals surface area (Å²) in [6, 6.07) is 5.03. The first-order valence-electron chi connectivity index (χ1n) is 14.5. The molecular weight excluding hydrogens is 545 g/mol. The van der Waals surface area contributed by atoms with Gasteiger partial charge in [0.25, 0.3) is 5.91 Å². The van der Waals surface area contributed by atoms with Crippen molar-refractivity contribution < 1.29 is 14.7 Å². The number of rotatable bonds is 9. The zero-order valence-corrected chi connectivity index (χ0v) is 26.0. The molecule has 2 aliphatic heterocycles. The maximum atomic E-state index is 14.4. The van der Waals surface area contributed by atoms with Gasteiger partial charge < -0.3 is 14.9 Å². The van der Waals surface area contributed by atoms with E-state index in [1.807, 2.05) is 11.0 Å². The Hall–Kier alpha value is -2.15. The number of piperidine rings is 1. The van der Waals surface area contributed by atoms with Gasteiger partial charge in [-0.2, -0.15) is 0 Å². The number of carboxylic acids is 1. The molecule has 0 bridgehead atoms. The van der Waals surface area contributed by atoms with Crippen LogP contribution in [0.25, 0.3) is 0 Å². The average molecular weight is 589 g/mol. The molecule has 0 saturated carbocycles. The summed E-state index contributed by atoms with van der Waals surface area (Å²) in [4.78, 5) is 35.8. The Morgan fingerprint density at radius 3 is 2.23 bits per heavy atom. The van der Waals surface area contributed by atoms with Crippen LogP contribution in [0.2, 0.25) is 10.0 Å². The van der Waals surface area contributed by atoms with E-state index in [4.69, 9.17) is 28.2 Å². The minimum Gasteiger partial charge on any atom is -0.478 e. The summed E-state index contributed by atoms with van der Waals surface area (Å²) in [7, 11) is 0. The lowest BCUT2D eigenvalue weighted by atomic mass is 9.82. The Kier molecular flexibility index (Phi) is 9.53. The maximum Gasteiger partial charge on any atom is 0.331 e. The number of likely N-dealkylation sites (tertiary alicyclic amines) is 1. The first-order valence-corrected chi connectivity index (χ1v) is 15.3. The number of hydrogen-bond acceptors (Lipinski definition) is 4. The van der Waals surface area contributed by atoms with Crippen molar-refractivity contribution in [2.75, 3.05) is 19.6 Å². The van der Waals surface area contributed by atoms with Gasteiger partial charge in [0, 0.05) is 47.1 Å². The molecule has 1 spiro atoms. The van der Waals surface area contributed by atoms with Gasteiger partial charge in [0.1, 0.15) is 11.4 Å². The average Bonchev–Trinajstić information content (AvgIpc) is 3.14. The summed E-state index contributed by atoms with van der Waals surface area (Å²) >= 11 is 12.7. The summed E-state index contributed by atoms with van der Waals surface area (Å²) in [6.45, 7) is 13.9. The summed E-state index contributed by atoms with van der Waals surface area (Å²) in [5.41, 5.74) is 1.99. The van der Waals surface area contributed by atoms with Crippen LogP contribution in [0.3, 0.4) is 0 Å². The predicted molar refractivity (Wildman–Crippen MR) is 163 cm³/mol. The topological polar surface area (TPSA) is 73.2 Å². The number of allylic oxidation sites excluding steroid dienone is 2. The Labute approximate surface area is 249 Å². The van der Waals surface area contributed by atoms with Crippen LogP contribution in [0.5, 0.6) is 0 Å². The molecule has 0 radical (unpaired) electrons. The molecule has 1 atom stereocenters. The largest absolute Gasteiger partial charge is 0.478 e. The molecule has 1 saturated heterocycles. The molecule has 1 N–H and O–H groups in total. The van der Waals surface area contributed by atoms with Crippen molar-refractivity contribution in [3.05, 3.63) is 57.1 Å². The van der Waals surface area contributed by atoms with Crippen molar-refractivity contribution in [2.24, 2.45) is 16.3 Å². The van der Waals surface area contributed by atoms with E-state index in [1.165, 1.54) is 0 Å². The Bertz CT molecular complexity index is 1200. The Morgan fingerprint density at radius 1 is 1.05 bits per heavy atom.